The Morgan fingerprint density at radius 1 is 0.880 bits per heavy atom. The summed E-state index contributed by atoms with van der Waals surface area (Å²) >= 11 is 1.65. The predicted molar refractivity (Wildman–Crippen MR) is 103 cm³/mol. The van der Waals surface area contributed by atoms with Crippen LogP contribution in [-0.2, 0) is 11.3 Å². The molecular formula is C21H20N2OS. The molecule has 1 aromatic heterocycles. The fourth-order valence-electron chi connectivity index (χ4n) is 2.55. The van der Waals surface area contributed by atoms with E-state index in [-0.39, 0.29) is 11.2 Å². The normalized spacial score (nSPS) is 10.6. The van der Waals surface area contributed by atoms with Gasteiger partial charge >= 0.3 is 0 Å². The molecule has 3 nitrogen and oxygen atoms in total. The van der Waals surface area contributed by atoms with Crippen LogP contribution in [-0.4, -0.2) is 16.6 Å². The van der Waals surface area contributed by atoms with E-state index in [2.05, 4.69) is 34.6 Å². The third-order valence-corrected chi connectivity index (χ3v) is 5.13. The van der Waals surface area contributed by atoms with Crippen LogP contribution in [0, 0.1) is 0 Å². The van der Waals surface area contributed by atoms with Gasteiger partial charge in [-0.25, -0.2) is 0 Å². The first kappa shape index (κ1) is 17.2. The molecule has 25 heavy (non-hydrogen) atoms. The van der Waals surface area contributed by atoms with Crippen molar-refractivity contribution < 1.29 is 4.79 Å². The molecule has 1 N–H and O–H groups in total. The third kappa shape index (κ3) is 5.19. The van der Waals surface area contributed by atoms with Crippen LogP contribution in [0.3, 0.4) is 0 Å². The lowest BCUT2D eigenvalue weighted by Crippen LogP contribution is -2.25. The molecule has 0 saturated heterocycles. The number of nitrogens with zero attached hydrogens (tertiary/aromatic N) is 1. The molecule has 4 heteroatoms. The smallest absolute Gasteiger partial charge is 0.230 e. The van der Waals surface area contributed by atoms with E-state index in [1.807, 2.05) is 48.5 Å². The Bertz CT molecular complexity index is 739. The molecule has 0 unspecified atom stereocenters. The van der Waals surface area contributed by atoms with E-state index in [1.165, 1.54) is 11.1 Å². The quantitative estimate of drug-likeness (QED) is 0.695. The number of carbonyl (C=O) groups is 1. The monoisotopic (exact) mass is 348 g/mol. The average Bonchev–Trinajstić information content (AvgIpc) is 2.69. The average molecular weight is 348 g/mol. The lowest BCUT2D eigenvalue weighted by Gasteiger charge is -2.17. The van der Waals surface area contributed by atoms with E-state index in [9.17, 15) is 4.79 Å². The van der Waals surface area contributed by atoms with Gasteiger partial charge in [0.15, 0.2) is 0 Å². The van der Waals surface area contributed by atoms with Crippen molar-refractivity contribution in [1.29, 1.82) is 0 Å². The standard InChI is InChI=1S/C21H20N2OS/c24-20(23-15-17-11-13-22-14-12-17)16-25-21(18-7-3-1-4-8-18)19-9-5-2-6-10-19/h1-14,21H,15-16H2,(H,23,24). The van der Waals surface area contributed by atoms with Crippen molar-refractivity contribution >= 4 is 17.7 Å². The summed E-state index contributed by atoms with van der Waals surface area (Å²) in [5.41, 5.74) is 3.47. The van der Waals surface area contributed by atoms with Crippen molar-refractivity contribution in [2.24, 2.45) is 0 Å². The van der Waals surface area contributed by atoms with Crippen molar-refractivity contribution in [1.82, 2.24) is 10.3 Å². The minimum atomic E-state index is 0.0404. The van der Waals surface area contributed by atoms with E-state index in [4.69, 9.17) is 0 Å². The molecule has 0 spiro atoms. The van der Waals surface area contributed by atoms with Crippen molar-refractivity contribution in [3.8, 4) is 0 Å². The highest BCUT2D eigenvalue weighted by atomic mass is 32.2. The number of pyridine rings is 1. The zero-order valence-corrected chi connectivity index (χ0v) is 14.7. The van der Waals surface area contributed by atoms with E-state index in [1.54, 1.807) is 24.2 Å². The van der Waals surface area contributed by atoms with Crippen LogP contribution in [0.4, 0.5) is 0 Å². The lowest BCUT2D eigenvalue weighted by molar-refractivity contribution is -0.118. The molecule has 1 amide bonds. The minimum Gasteiger partial charge on any atom is -0.351 e. The van der Waals surface area contributed by atoms with Gasteiger partial charge in [-0.15, -0.1) is 11.8 Å². The number of hydrogen-bond acceptors (Lipinski definition) is 3. The highest BCUT2D eigenvalue weighted by molar-refractivity contribution is 8.00. The Hall–Kier alpha value is -2.59. The van der Waals surface area contributed by atoms with Gasteiger partial charge in [0.05, 0.1) is 11.0 Å². The summed E-state index contributed by atoms with van der Waals surface area (Å²) < 4.78 is 0. The van der Waals surface area contributed by atoms with Crippen molar-refractivity contribution in [2.45, 2.75) is 11.8 Å². The molecule has 2 aromatic carbocycles. The zero-order chi connectivity index (χ0) is 17.3. The Morgan fingerprint density at radius 3 is 2.00 bits per heavy atom. The Balaban J connectivity index is 1.62. The van der Waals surface area contributed by atoms with Crippen LogP contribution in [0.15, 0.2) is 85.2 Å². The number of nitrogens with one attached hydrogen (secondary N) is 1. The Kier molecular flexibility index (Phi) is 6.23. The van der Waals surface area contributed by atoms with E-state index >= 15 is 0 Å². The number of benzene rings is 2. The second kappa shape index (κ2) is 9.04. The Labute approximate surface area is 152 Å². The van der Waals surface area contributed by atoms with Crippen LogP contribution in [0.2, 0.25) is 0 Å². The van der Waals surface area contributed by atoms with E-state index in [0.717, 1.165) is 5.56 Å². The number of thioether (sulfide) groups is 1. The maximum Gasteiger partial charge on any atom is 0.230 e. The van der Waals surface area contributed by atoms with Crippen LogP contribution in [0.25, 0.3) is 0 Å². The fraction of sp³-hybridized carbons (Fsp3) is 0.143. The molecule has 0 bridgehead atoms. The van der Waals surface area contributed by atoms with Gasteiger partial charge in [0.1, 0.15) is 0 Å². The van der Waals surface area contributed by atoms with Crippen molar-refractivity contribution in [3.63, 3.8) is 0 Å². The van der Waals surface area contributed by atoms with Crippen LogP contribution in [0.5, 0.6) is 0 Å². The summed E-state index contributed by atoms with van der Waals surface area (Å²) in [6.07, 6.45) is 3.47. The zero-order valence-electron chi connectivity index (χ0n) is 13.8. The molecule has 3 aromatic rings. The first-order chi connectivity index (χ1) is 12.3. The van der Waals surface area contributed by atoms with E-state index < -0.39 is 0 Å². The molecule has 0 saturated carbocycles. The predicted octanol–water partition coefficient (Wildman–Crippen LogP) is 4.22. The second-order valence-electron chi connectivity index (χ2n) is 5.64. The molecule has 126 valence electrons. The van der Waals surface area contributed by atoms with Crippen molar-refractivity contribution in [2.75, 3.05) is 5.75 Å². The molecule has 0 atom stereocenters. The number of rotatable bonds is 7. The van der Waals surface area contributed by atoms with E-state index in [0.29, 0.717) is 12.3 Å². The summed E-state index contributed by atoms with van der Waals surface area (Å²) in [7, 11) is 0. The highest BCUT2D eigenvalue weighted by Gasteiger charge is 2.16. The summed E-state index contributed by atoms with van der Waals surface area (Å²) in [6.45, 7) is 0.531. The second-order valence-corrected chi connectivity index (χ2v) is 6.74. The van der Waals surface area contributed by atoms with Crippen LogP contribution < -0.4 is 5.32 Å². The number of amides is 1. The number of aromatic nitrogens is 1. The SMILES string of the molecule is O=C(CSC(c1ccccc1)c1ccccc1)NCc1ccncc1. The van der Waals surface area contributed by atoms with Gasteiger partial charge in [-0.2, -0.15) is 0 Å². The van der Waals surface area contributed by atoms with Crippen LogP contribution in [0.1, 0.15) is 21.9 Å². The van der Waals surface area contributed by atoms with Gasteiger partial charge in [-0.3, -0.25) is 9.78 Å². The fourth-order valence-corrected chi connectivity index (χ4v) is 3.67. The molecule has 1 heterocycles. The molecular weight excluding hydrogens is 328 g/mol. The summed E-state index contributed by atoms with van der Waals surface area (Å²) in [6, 6.07) is 24.4. The third-order valence-electron chi connectivity index (χ3n) is 3.82. The summed E-state index contributed by atoms with van der Waals surface area (Å²) in [5, 5.41) is 3.12. The summed E-state index contributed by atoms with van der Waals surface area (Å²) in [4.78, 5) is 16.2. The molecule has 0 aliphatic rings. The Morgan fingerprint density at radius 2 is 1.44 bits per heavy atom. The van der Waals surface area contributed by atoms with Crippen LogP contribution >= 0.6 is 11.8 Å². The number of hydrogen-bond donors (Lipinski definition) is 1. The maximum atomic E-state index is 12.2. The lowest BCUT2D eigenvalue weighted by atomic mass is 10.0. The largest absolute Gasteiger partial charge is 0.351 e. The molecule has 0 radical (unpaired) electrons. The summed E-state index contributed by atoms with van der Waals surface area (Å²) in [5.74, 6) is 0.457. The van der Waals surface area contributed by atoms with Gasteiger partial charge in [0, 0.05) is 18.9 Å². The van der Waals surface area contributed by atoms with Crippen molar-refractivity contribution in [3.05, 3.63) is 102 Å². The first-order valence-corrected chi connectivity index (χ1v) is 9.25. The molecule has 0 aliphatic heterocycles. The minimum absolute atomic E-state index is 0.0404. The van der Waals surface area contributed by atoms with Gasteiger partial charge in [-0.05, 0) is 28.8 Å². The molecule has 0 fully saturated rings. The van der Waals surface area contributed by atoms with Gasteiger partial charge in [0.2, 0.25) is 5.91 Å². The van der Waals surface area contributed by atoms with Gasteiger partial charge in [0.25, 0.3) is 0 Å². The molecule has 0 aliphatic carbocycles. The topological polar surface area (TPSA) is 42.0 Å². The van der Waals surface area contributed by atoms with Gasteiger partial charge in [-0.1, -0.05) is 60.7 Å². The maximum absolute atomic E-state index is 12.2. The first-order valence-electron chi connectivity index (χ1n) is 8.20. The molecule has 3 rings (SSSR count). The number of carbonyl (C=O) groups excluding carboxylic acids is 1. The van der Waals surface area contributed by atoms with Gasteiger partial charge < -0.3 is 5.32 Å². The highest BCUT2D eigenvalue weighted by Crippen LogP contribution is 2.35.